The predicted molar refractivity (Wildman–Crippen MR) is 86.3 cm³/mol. The highest BCUT2D eigenvalue weighted by atomic mass is 79.9. The third-order valence-corrected chi connectivity index (χ3v) is 4.05. The molecule has 2 rings (SSSR count). The van der Waals surface area contributed by atoms with E-state index in [9.17, 15) is 4.79 Å². The first kappa shape index (κ1) is 15.0. The van der Waals surface area contributed by atoms with Crippen molar-refractivity contribution < 1.29 is 4.79 Å². The zero-order valence-electron chi connectivity index (χ0n) is 10.9. The highest BCUT2D eigenvalue weighted by Crippen LogP contribution is 2.24. The summed E-state index contributed by atoms with van der Waals surface area (Å²) in [5, 5.41) is 6.50. The molecule has 5 heteroatoms. The van der Waals surface area contributed by atoms with Crippen LogP contribution < -0.4 is 10.6 Å². The molecule has 0 atom stereocenters. The quantitative estimate of drug-likeness (QED) is 0.870. The van der Waals surface area contributed by atoms with Crippen molar-refractivity contribution in [1.29, 1.82) is 0 Å². The maximum atomic E-state index is 12.2. The molecule has 2 aromatic rings. The molecule has 2 aromatic carbocycles. The maximum absolute atomic E-state index is 12.2. The van der Waals surface area contributed by atoms with Crippen molar-refractivity contribution in [3.63, 3.8) is 0 Å². The summed E-state index contributed by atoms with van der Waals surface area (Å²) in [5.74, 6) is -0.178. The van der Waals surface area contributed by atoms with Crippen LogP contribution in [0.3, 0.4) is 0 Å². The Hall–Kier alpha value is -1.36. The molecule has 0 fully saturated rings. The number of hydrogen-bond donors (Lipinski definition) is 2. The normalized spacial score (nSPS) is 10.3. The van der Waals surface area contributed by atoms with Crippen LogP contribution in [0.1, 0.15) is 15.9 Å². The average molecular weight is 354 g/mol. The first-order chi connectivity index (χ1) is 9.61. The fraction of sp³-hybridized carbons (Fsp3) is 0.133. The number of benzene rings is 2. The van der Waals surface area contributed by atoms with Crippen LogP contribution in [0.2, 0.25) is 5.02 Å². The molecule has 1 amide bonds. The van der Waals surface area contributed by atoms with Crippen LogP contribution in [0.15, 0.2) is 46.9 Å². The molecule has 0 spiro atoms. The van der Waals surface area contributed by atoms with Crippen LogP contribution in [0.4, 0.5) is 5.69 Å². The number of carbonyl (C=O) groups is 1. The Morgan fingerprint density at radius 1 is 1.25 bits per heavy atom. The summed E-state index contributed by atoms with van der Waals surface area (Å²) in [6.07, 6.45) is 0. The van der Waals surface area contributed by atoms with Gasteiger partial charge < -0.3 is 10.6 Å². The van der Waals surface area contributed by atoms with Crippen molar-refractivity contribution in [2.24, 2.45) is 0 Å². The molecular weight excluding hydrogens is 340 g/mol. The van der Waals surface area contributed by atoms with E-state index in [2.05, 4.69) is 26.6 Å². The largest absolute Gasteiger partial charge is 0.322 e. The minimum atomic E-state index is -0.178. The zero-order chi connectivity index (χ0) is 14.5. The van der Waals surface area contributed by atoms with Crippen molar-refractivity contribution in [2.75, 3.05) is 12.4 Å². The number of halogens is 2. The summed E-state index contributed by atoms with van der Waals surface area (Å²) in [4.78, 5) is 12.2. The van der Waals surface area contributed by atoms with E-state index in [0.717, 1.165) is 15.7 Å². The summed E-state index contributed by atoms with van der Waals surface area (Å²) in [5.41, 5.74) is 2.36. The van der Waals surface area contributed by atoms with E-state index in [-0.39, 0.29) is 5.91 Å². The summed E-state index contributed by atoms with van der Waals surface area (Å²) >= 11 is 9.31. The number of hydrogen-bond acceptors (Lipinski definition) is 2. The highest BCUT2D eigenvalue weighted by Gasteiger charge is 2.10. The molecule has 0 bridgehead atoms. The van der Waals surface area contributed by atoms with Gasteiger partial charge in [-0.25, -0.2) is 0 Å². The van der Waals surface area contributed by atoms with Gasteiger partial charge in [-0.2, -0.15) is 0 Å². The summed E-state index contributed by atoms with van der Waals surface area (Å²) < 4.78 is 0.770. The van der Waals surface area contributed by atoms with Crippen molar-refractivity contribution in [2.45, 2.75) is 6.54 Å². The molecule has 0 saturated heterocycles. The molecule has 3 nitrogen and oxygen atoms in total. The van der Waals surface area contributed by atoms with E-state index >= 15 is 0 Å². The predicted octanol–water partition coefficient (Wildman–Crippen LogP) is 4.07. The molecule has 2 N–H and O–H groups in total. The van der Waals surface area contributed by atoms with Crippen LogP contribution in [0, 0.1) is 0 Å². The molecule has 0 aromatic heterocycles. The Balaban J connectivity index is 2.21. The van der Waals surface area contributed by atoms with Gasteiger partial charge in [-0.15, -0.1) is 0 Å². The Bertz CT molecular complexity index is 631. The highest BCUT2D eigenvalue weighted by molar-refractivity contribution is 9.10. The number of para-hydroxylation sites is 1. The molecule has 0 aliphatic carbocycles. The SMILES string of the molecule is CNCc1ccccc1NC(=O)c1ccc(Br)c(Cl)c1. The van der Waals surface area contributed by atoms with Gasteiger partial charge in [0, 0.05) is 22.3 Å². The summed E-state index contributed by atoms with van der Waals surface area (Å²) in [6, 6.07) is 12.8. The molecular formula is C15H14BrClN2O. The van der Waals surface area contributed by atoms with Gasteiger partial charge in [0.2, 0.25) is 0 Å². The number of amides is 1. The van der Waals surface area contributed by atoms with Gasteiger partial charge >= 0.3 is 0 Å². The second kappa shape index (κ2) is 6.88. The topological polar surface area (TPSA) is 41.1 Å². The van der Waals surface area contributed by atoms with Gasteiger partial charge in [-0.3, -0.25) is 4.79 Å². The molecule has 0 heterocycles. The van der Waals surface area contributed by atoms with E-state index in [0.29, 0.717) is 17.1 Å². The van der Waals surface area contributed by atoms with Crippen molar-refractivity contribution in [1.82, 2.24) is 5.32 Å². The second-order valence-electron chi connectivity index (χ2n) is 4.27. The van der Waals surface area contributed by atoms with Gasteiger partial charge in [0.1, 0.15) is 0 Å². The van der Waals surface area contributed by atoms with Crippen molar-refractivity contribution >= 4 is 39.1 Å². The lowest BCUT2D eigenvalue weighted by Gasteiger charge is -2.11. The Morgan fingerprint density at radius 2 is 2.00 bits per heavy atom. The Morgan fingerprint density at radius 3 is 2.70 bits per heavy atom. The lowest BCUT2D eigenvalue weighted by Crippen LogP contribution is -2.15. The fourth-order valence-corrected chi connectivity index (χ4v) is 2.25. The van der Waals surface area contributed by atoms with Gasteiger partial charge in [-0.05, 0) is 52.8 Å². The Kier molecular flexibility index (Phi) is 5.17. The van der Waals surface area contributed by atoms with Gasteiger partial charge in [0.05, 0.1) is 5.02 Å². The van der Waals surface area contributed by atoms with Crippen LogP contribution in [-0.4, -0.2) is 13.0 Å². The molecule has 0 aliphatic heterocycles. The van der Waals surface area contributed by atoms with Crippen molar-refractivity contribution in [3.8, 4) is 0 Å². The van der Waals surface area contributed by atoms with Crippen LogP contribution in [0.25, 0.3) is 0 Å². The monoisotopic (exact) mass is 352 g/mol. The van der Waals surface area contributed by atoms with Gasteiger partial charge in [0.15, 0.2) is 0 Å². The standard InChI is InChI=1S/C15H14BrClN2O/c1-18-9-11-4-2-3-5-14(11)19-15(20)10-6-7-12(16)13(17)8-10/h2-8,18H,9H2,1H3,(H,19,20). The number of rotatable bonds is 4. The van der Waals surface area contributed by atoms with Crippen LogP contribution >= 0.6 is 27.5 Å². The molecule has 0 saturated carbocycles. The summed E-state index contributed by atoms with van der Waals surface area (Å²) in [7, 11) is 1.87. The smallest absolute Gasteiger partial charge is 0.255 e. The van der Waals surface area contributed by atoms with E-state index < -0.39 is 0 Å². The average Bonchev–Trinajstić information content (AvgIpc) is 2.44. The van der Waals surface area contributed by atoms with Crippen molar-refractivity contribution in [3.05, 3.63) is 63.1 Å². The molecule has 0 unspecified atom stereocenters. The van der Waals surface area contributed by atoms with Crippen LogP contribution in [-0.2, 0) is 6.54 Å². The molecule has 0 aliphatic rings. The van der Waals surface area contributed by atoms with E-state index in [1.165, 1.54) is 0 Å². The van der Waals surface area contributed by atoms with E-state index in [1.54, 1.807) is 18.2 Å². The molecule has 104 valence electrons. The molecule has 20 heavy (non-hydrogen) atoms. The first-order valence-electron chi connectivity index (χ1n) is 6.10. The summed E-state index contributed by atoms with van der Waals surface area (Å²) in [6.45, 7) is 0.692. The second-order valence-corrected chi connectivity index (χ2v) is 5.53. The van der Waals surface area contributed by atoms with Crippen LogP contribution in [0.5, 0.6) is 0 Å². The van der Waals surface area contributed by atoms with Gasteiger partial charge in [-0.1, -0.05) is 29.8 Å². The minimum absolute atomic E-state index is 0.178. The third kappa shape index (κ3) is 3.60. The minimum Gasteiger partial charge on any atom is -0.322 e. The van der Waals surface area contributed by atoms with Gasteiger partial charge in [0.25, 0.3) is 5.91 Å². The molecule has 0 radical (unpaired) electrons. The third-order valence-electron chi connectivity index (χ3n) is 2.81. The lowest BCUT2D eigenvalue weighted by atomic mass is 10.1. The lowest BCUT2D eigenvalue weighted by molar-refractivity contribution is 0.102. The number of nitrogens with one attached hydrogen (secondary N) is 2. The zero-order valence-corrected chi connectivity index (χ0v) is 13.3. The van der Waals surface area contributed by atoms with E-state index in [1.807, 2.05) is 31.3 Å². The number of anilines is 1. The number of carbonyl (C=O) groups excluding carboxylic acids is 1. The maximum Gasteiger partial charge on any atom is 0.255 e. The Labute approximate surface area is 131 Å². The first-order valence-corrected chi connectivity index (χ1v) is 7.28. The fourth-order valence-electron chi connectivity index (χ4n) is 1.82. The van der Waals surface area contributed by atoms with E-state index in [4.69, 9.17) is 11.6 Å².